The van der Waals surface area contributed by atoms with E-state index < -0.39 is 5.82 Å². The van der Waals surface area contributed by atoms with Crippen molar-refractivity contribution in [3.05, 3.63) is 65.5 Å². The fourth-order valence-corrected chi connectivity index (χ4v) is 3.07. The molecule has 0 saturated carbocycles. The first-order chi connectivity index (χ1) is 12.6. The molecule has 6 nitrogen and oxygen atoms in total. The smallest absolute Gasteiger partial charge is 0.231 e. The molecule has 1 amide bonds. The van der Waals surface area contributed by atoms with Gasteiger partial charge in [0.2, 0.25) is 5.91 Å². The number of benzene rings is 2. The third kappa shape index (κ3) is 3.25. The minimum atomic E-state index is -0.509. The molecular weight excluding hydrogens is 359 g/mol. The van der Waals surface area contributed by atoms with E-state index in [0.717, 1.165) is 11.3 Å². The van der Waals surface area contributed by atoms with E-state index in [9.17, 15) is 9.18 Å². The molecule has 0 fully saturated rings. The zero-order valence-electron chi connectivity index (χ0n) is 13.5. The van der Waals surface area contributed by atoms with Crippen LogP contribution in [-0.2, 0) is 11.2 Å². The number of anilines is 1. The predicted molar refractivity (Wildman–Crippen MR) is 94.1 cm³/mol. The summed E-state index contributed by atoms with van der Waals surface area (Å²) in [7, 11) is 0. The normalized spacial score (nSPS) is 15.8. The van der Waals surface area contributed by atoms with E-state index in [2.05, 4.69) is 15.4 Å². The van der Waals surface area contributed by atoms with Gasteiger partial charge < -0.3 is 10.1 Å². The fraction of sp³-hybridized carbons (Fsp3) is 0.167. The van der Waals surface area contributed by atoms with Gasteiger partial charge in [0, 0.05) is 10.7 Å². The predicted octanol–water partition coefficient (Wildman–Crippen LogP) is 3.25. The molecule has 0 spiro atoms. The van der Waals surface area contributed by atoms with Gasteiger partial charge in [-0.1, -0.05) is 11.6 Å². The van der Waals surface area contributed by atoms with Crippen LogP contribution < -0.4 is 10.1 Å². The molecule has 2 heterocycles. The lowest BCUT2D eigenvalue weighted by molar-refractivity contribution is -0.121. The van der Waals surface area contributed by atoms with Crippen LogP contribution in [0.2, 0.25) is 5.02 Å². The molecule has 1 N–H and O–H groups in total. The Hall–Kier alpha value is -2.93. The van der Waals surface area contributed by atoms with Gasteiger partial charge >= 0.3 is 0 Å². The summed E-state index contributed by atoms with van der Waals surface area (Å²) in [5.41, 5.74) is 1.51. The second-order valence-electron chi connectivity index (χ2n) is 5.96. The highest BCUT2D eigenvalue weighted by molar-refractivity contribution is 6.30. The number of fused-ring (bicyclic) bond motifs is 1. The highest BCUT2D eigenvalue weighted by Crippen LogP contribution is 2.30. The van der Waals surface area contributed by atoms with E-state index >= 15 is 0 Å². The number of carbonyl (C=O) groups excluding carboxylic acids is 1. The Kier molecular flexibility index (Phi) is 4.30. The van der Waals surface area contributed by atoms with E-state index in [4.69, 9.17) is 16.3 Å². The van der Waals surface area contributed by atoms with Crippen LogP contribution >= 0.6 is 11.6 Å². The molecular formula is C18H14ClFN4O2. The summed E-state index contributed by atoms with van der Waals surface area (Å²) in [5.74, 6) is -0.380. The van der Waals surface area contributed by atoms with E-state index in [1.165, 1.54) is 29.5 Å². The Morgan fingerprint density at radius 2 is 2.19 bits per heavy atom. The molecule has 2 aromatic carbocycles. The zero-order chi connectivity index (χ0) is 18.1. The average Bonchev–Trinajstić information content (AvgIpc) is 3.15. The molecule has 3 aromatic rings. The van der Waals surface area contributed by atoms with Crippen LogP contribution in [0.4, 0.5) is 10.1 Å². The van der Waals surface area contributed by atoms with Gasteiger partial charge in [-0.3, -0.25) is 4.79 Å². The van der Waals surface area contributed by atoms with Crippen molar-refractivity contribution in [2.75, 3.05) is 11.9 Å². The largest absolute Gasteiger partial charge is 0.492 e. The van der Waals surface area contributed by atoms with Crippen molar-refractivity contribution in [2.24, 2.45) is 5.92 Å². The summed E-state index contributed by atoms with van der Waals surface area (Å²) in [4.78, 5) is 16.3. The molecule has 1 unspecified atom stereocenters. The van der Waals surface area contributed by atoms with Crippen LogP contribution in [0, 0.1) is 11.7 Å². The lowest BCUT2D eigenvalue weighted by Crippen LogP contribution is -2.32. The maximum atomic E-state index is 14.3. The third-order valence-corrected chi connectivity index (χ3v) is 4.42. The van der Waals surface area contributed by atoms with Crippen molar-refractivity contribution in [2.45, 2.75) is 6.42 Å². The highest BCUT2D eigenvalue weighted by atomic mass is 35.5. The molecule has 0 aliphatic carbocycles. The number of hydrogen-bond acceptors (Lipinski definition) is 4. The summed E-state index contributed by atoms with van der Waals surface area (Å²) >= 11 is 6.00. The molecule has 0 radical (unpaired) electrons. The standard InChI is InChI=1S/C18H14ClFN4O2/c19-13-1-4-17-11(6-13)5-12(8-26-17)18(25)23-14-2-3-16(15(20)7-14)24-10-21-9-22-24/h1-4,6-7,9-10,12H,5,8H2,(H,23,25). The van der Waals surface area contributed by atoms with Crippen LogP contribution in [0.3, 0.4) is 0 Å². The molecule has 1 aliphatic heterocycles. The van der Waals surface area contributed by atoms with E-state index in [-0.39, 0.29) is 24.1 Å². The summed E-state index contributed by atoms with van der Waals surface area (Å²) in [6.07, 6.45) is 3.24. The van der Waals surface area contributed by atoms with Crippen molar-refractivity contribution in [1.29, 1.82) is 0 Å². The van der Waals surface area contributed by atoms with Gasteiger partial charge in [0.25, 0.3) is 0 Å². The van der Waals surface area contributed by atoms with Gasteiger partial charge in [-0.15, -0.1) is 0 Å². The van der Waals surface area contributed by atoms with Crippen LogP contribution in [0.5, 0.6) is 5.75 Å². The lowest BCUT2D eigenvalue weighted by Gasteiger charge is -2.24. The Morgan fingerprint density at radius 1 is 1.31 bits per heavy atom. The maximum absolute atomic E-state index is 14.3. The van der Waals surface area contributed by atoms with Crippen LogP contribution in [0.1, 0.15) is 5.56 Å². The Morgan fingerprint density at radius 3 is 2.96 bits per heavy atom. The molecule has 0 bridgehead atoms. The number of carbonyl (C=O) groups is 1. The second-order valence-corrected chi connectivity index (χ2v) is 6.40. The number of nitrogens with zero attached hydrogens (tertiary/aromatic N) is 3. The van der Waals surface area contributed by atoms with Crippen molar-refractivity contribution in [3.8, 4) is 11.4 Å². The fourth-order valence-electron chi connectivity index (χ4n) is 2.88. The first-order valence-electron chi connectivity index (χ1n) is 7.97. The summed E-state index contributed by atoms with van der Waals surface area (Å²) < 4.78 is 21.2. The summed E-state index contributed by atoms with van der Waals surface area (Å²) in [6.45, 7) is 0.264. The molecule has 4 rings (SSSR count). The summed E-state index contributed by atoms with van der Waals surface area (Å²) in [5, 5.41) is 7.22. The molecule has 1 aromatic heterocycles. The van der Waals surface area contributed by atoms with Crippen LogP contribution in [0.25, 0.3) is 5.69 Å². The number of amides is 1. The quantitative estimate of drug-likeness (QED) is 0.766. The topological polar surface area (TPSA) is 69.0 Å². The van der Waals surface area contributed by atoms with Crippen molar-refractivity contribution in [3.63, 3.8) is 0 Å². The van der Waals surface area contributed by atoms with Crippen molar-refractivity contribution >= 4 is 23.2 Å². The van der Waals surface area contributed by atoms with E-state index in [1.807, 2.05) is 0 Å². The molecule has 1 aliphatic rings. The van der Waals surface area contributed by atoms with Crippen LogP contribution in [-0.4, -0.2) is 27.3 Å². The van der Waals surface area contributed by atoms with Crippen molar-refractivity contribution < 1.29 is 13.9 Å². The number of nitrogens with one attached hydrogen (secondary N) is 1. The number of ether oxygens (including phenoxy) is 1. The number of halogens is 2. The van der Waals surface area contributed by atoms with E-state index in [0.29, 0.717) is 17.1 Å². The monoisotopic (exact) mass is 372 g/mol. The molecule has 8 heteroatoms. The Bertz CT molecular complexity index is 962. The molecule has 0 saturated heterocycles. The third-order valence-electron chi connectivity index (χ3n) is 4.18. The molecule has 26 heavy (non-hydrogen) atoms. The zero-order valence-corrected chi connectivity index (χ0v) is 14.3. The lowest BCUT2D eigenvalue weighted by atomic mass is 9.96. The van der Waals surface area contributed by atoms with Gasteiger partial charge in [0.1, 0.15) is 30.7 Å². The van der Waals surface area contributed by atoms with Gasteiger partial charge in [-0.05, 0) is 48.4 Å². The highest BCUT2D eigenvalue weighted by Gasteiger charge is 2.26. The molecule has 1 atom stereocenters. The number of hydrogen-bond donors (Lipinski definition) is 1. The first kappa shape index (κ1) is 16.5. The Labute approximate surface area is 153 Å². The SMILES string of the molecule is O=C(Nc1ccc(-n2cncn2)c(F)c1)C1COc2ccc(Cl)cc2C1. The molecule has 132 valence electrons. The van der Waals surface area contributed by atoms with Crippen molar-refractivity contribution in [1.82, 2.24) is 14.8 Å². The minimum Gasteiger partial charge on any atom is -0.492 e. The van der Waals surface area contributed by atoms with Gasteiger partial charge in [-0.2, -0.15) is 5.10 Å². The number of rotatable bonds is 3. The van der Waals surface area contributed by atoms with Crippen LogP contribution in [0.15, 0.2) is 49.1 Å². The van der Waals surface area contributed by atoms with Gasteiger partial charge in [-0.25, -0.2) is 14.1 Å². The number of aromatic nitrogens is 3. The average molecular weight is 373 g/mol. The second kappa shape index (κ2) is 6.76. The minimum absolute atomic E-state index is 0.233. The van der Waals surface area contributed by atoms with Gasteiger partial charge in [0.05, 0.1) is 5.92 Å². The van der Waals surface area contributed by atoms with E-state index in [1.54, 1.807) is 24.3 Å². The van der Waals surface area contributed by atoms with Gasteiger partial charge in [0.15, 0.2) is 5.82 Å². The first-order valence-corrected chi connectivity index (χ1v) is 8.34. The summed E-state index contributed by atoms with van der Waals surface area (Å²) in [6, 6.07) is 9.75. The Balaban J connectivity index is 1.48. The maximum Gasteiger partial charge on any atom is 0.231 e.